The van der Waals surface area contributed by atoms with Gasteiger partial charge in [-0.2, -0.15) is 0 Å². The fourth-order valence-electron chi connectivity index (χ4n) is 3.00. The van der Waals surface area contributed by atoms with E-state index >= 15 is 0 Å². The molecule has 0 spiro atoms. The molecule has 0 N–H and O–H groups in total. The van der Waals surface area contributed by atoms with Crippen LogP contribution in [0.3, 0.4) is 0 Å². The largest absolute Gasteiger partial charge is 0.383 e. The van der Waals surface area contributed by atoms with E-state index in [0.717, 1.165) is 29.1 Å². The Kier molecular flexibility index (Phi) is 7.72. The number of ether oxygens (including phenoxy) is 1. The summed E-state index contributed by atoms with van der Waals surface area (Å²) in [7, 11) is 1.65. The fourth-order valence-corrected chi connectivity index (χ4v) is 4.06. The number of carbonyl (C=O) groups is 1. The second-order valence-electron chi connectivity index (χ2n) is 6.29. The summed E-state index contributed by atoms with van der Waals surface area (Å²) in [5.41, 5.74) is 1.74. The van der Waals surface area contributed by atoms with Gasteiger partial charge >= 0.3 is 0 Å². The van der Waals surface area contributed by atoms with Gasteiger partial charge in [0.1, 0.15) is 10.7 Å². The van der Waals surface area contributed by atoms with Crippen LogP contribution in [0.25, 0.3) is 0 Å². The first-order valence-electron chi connectivity index (χ1n) is 9.00. The van der Waals surface area contributed by atoms with Crippen molar-refractivity contribution in [1.29, 1.82) is 0 Å². The van der Waals surface area contributed by atoms with Gasteiger partial charge in [-0.3, -0.25) is 4.79 Å². The topological polar surface area (TPSA) is 42.4 Å². The predicted octanol–water partition coefficient (Wildman–Crippen LogP) is 4.46. The van der Waals surface area contributed by atoms with Gasteiger partial charge in [-0.1, -0.05) is 26.0 Å². The van der Waals surface area contributed by atoms with Crippen LogP contribution >= 0.6 is 11.3 Å². The molecule has 142 valence electrons. The summed E-state index contributed by atoms with van der Waals surface area (Å²) < 4.78 is 18.2. The van der Waals surface area contributed by atoms with Crippen molar-refractivity contribution < 1.29 is 13.9 Å². The molecule has 0 unspecified atom stereocenters. The average molecular weight is 379 g/mol. The third-order valence-corrected chi connectivity index (χ3v) is 5.63. The van der Waals surface area contributed by atoms with E-state index in [0.29, 0.717) is 24.4 Å². The summed E-state index contributed by atoms with van der Waals surface area (Å²) in [6.07, 6.45) is 2.42. The summed E-state index contributed by atoms with van der Waals surface area (Å²) in [6, 6.07) is 6.59. The van der Waals surface area contributed by atoms with Crippen molar-refractivity contribution in [1.82, 2.24) is 9.88 Å². The SMILES string of the molecule is CCC(CC)N(CCOC)C(=O)c1sc(Cc2ccc(F)cc2)nc1C. The molecule has 6 heteroatoms. The van der Waals surface area contributed by atoms with Gasteiger partial charge in [0, 0.05) is 26.1 Å². The first kappa shape index (κ1) is 20.5. The minimum Gasteiger partial charge on any atom is -0.383 e. The first-order valence-corrected chi connectivity index (χ1v) is 9.82. The molecule has 1 amide bonds. The molecule has 0 aliphatic heterocycles. The van der Waals surface area contributed by atoms with Gasteiger partial charge in [0.05, 0.1) is 17.3 Å². The van der Waals surface area contributed by atoms with Gasteiger partial charge in [0.15, 0.2) is 0 Å². The third-order valence-electron chi connectivity index (χ3n) is 4.48. The van der Waals surface area contributed by atoms with E-state index in [-0.39, 0.29) is 17.8 Å². The highest BCUT2D eigenvalue weighted by Gasteiger charge is 2.25. The second kappa shape index (κ2) is 9.78. The number of hydrogen-bond acceptors (Lipinski definition) is 4. The zero-order valence-electron chi connectivity index (χ0n) is 15.9. The monoisotopic (exact) mass is 378 g/mol. The summed E-state index contributed by atoms with van der Waals surface area (Å²) in [6.45, 7) is 7.16. The highest BCUT2D eigenvalue weighted by molar-refractivity contribution is 7.13. The highest BCUT2D eigenvalue weighted by atomic mass is 32.1. The third kappa shape index (κ3) is 5.11. The number of hydrogen-bond donors (Lipinski definition) is 0. The lowest BCUT2D eigenvalue weighted by atomic mass is 10.1. The van der Waals surface area contributed by atoms with Gasteiger partial charge in [-0.05, 0) is 37.5 Å². The van der Waals surface area contributed by atoms with Crippen molar-refractivity contribution in [2.45, 2.75) is 46.1 Å². The summed E-state index contributed by atoms with van der Waals surface area (Å²) in [5, 5.41) is 0.869. The fraction of sp³-hybridized carbons (Fsp3) is 0.500. The Morgan fingerprint density at radius 3 is 2.50 bits per heavy atom. The number of methoxy groups -OCH3 is 1. The minimum atomic E-state index is -0.251. The smallest absolute Gasteiger partial charge is 0.266 e. The van der Waals surface area contributed by atoms with Crippen molar-refractivity contribution in [3.63, 3.8) is 0 Å². The zero-order valence-corrected chi connectivity index (χ0v) is 16.7. The van der Waals surface area contributed by atoms with Crippen molar-refractivity contribution in [2.24, 2.45) is 0 Å². The minimum absolute atomic E-state index is 0.0242. The molecule has 0 aliphatic carbocycles. The number of thiazole rings is 1. The van der Waals surface area contributed by atoms with Gasteiger partial charge in [-0.25, -0.2) is 9.37 Å². The number of aryl methyl sites for hydroxylation is 1. The van der Waals surface area contributed by atoms with Crippen LogP contribution in [-0.2, 0) is 11.2 Å². The Balaban J connectivity index is 2.21. The molecular formula is C20H27FN2O2S. The standard InChI is InChI=1S/C20H27FN2O2S/c1-5-17(6-2)23(11-12-25-4)20(24)19-14(3)22-18(26-19)13-15-7-9-16(21)10-8-15/h7-10,17H,5-6,11-13H2,1-4H3. The molecule has 26 heavy (non-hydrogen) atoms. The molecule has 0 atom stereocenters. The molecule has 0 saturated heterocycles. The lowest BCUT2D eigenvalue weighted by molar-refractivity contribution is 0.0593. The molecule has 0 saturated carbocycles. The molecule has 0 bridgehead atoms. The van der Waals surface area contributed by atoms with Crippen LogP contribution in [0.1, 0.15) is 52.6 Å². The number of aromatic nitrogens is 1. The van der Waals surface area contributed by atoms with E-state index in [1.807, 2.05) is 11.8 Å². The van der Waals surface area contributed by atoms with Crippen LogP contribution in [0.2, 0.25) is 0 Å². The van der Waals surface area contributed by atoms with Crippen LogP contribution in [0.15, 0.2) is 24.3 Å². The molecule has 0 radical (unpaired) electrons. The molecule has 0 fully saturated rings. The molecular weight excluding hydrogens is 351 g/mol. The number of carbonyl (C=O) groups excluding carboxylic acids is 1. The van der Waals surface area contributed by atoms with E-state index in [9.17, 15) is 9.18 Å². The van der Waals surface area contributed by atoms with Crippen LogP contribution in [0.5, 0.6) is 0 Å². The van der Waals surface area contributed by atoms with Crippen molar-refractivity contribution in [3.8, 4) is 0 Å². The number of rotatable bonds is 9. The van der Waals surface area contributed by atoms with E-state index in [2.05, 4.69) is 18.8 Å². The Labute approximate surface area is 159 Å². The lowest BCUT2D eigenvalue weighted by Gasteiger charge is -2.30. The Bertz CT molecular complexity index is 711. The van der Waals surface area contributed by atoms with E-state index < -0.39 is 0 Å². The lowest BCUT2D eigenvalue weighted by Crippen LogP contribution is -2.41. The predicted molar refractivity (Wildman–Crippen MR) is 103 cm³/mol. The number of benzene rings is 1. The number of amides is 1. The Morgan fingerprint density at radius 1 is 1.27 bits per heavy atom. The first-order chi connectivity index (χ1) is 12.5. The summed E-state index contributed by atoms with van der Waals surface area (Å²) in [5.74, 6) is -0.227. The van der Waals surface area contributed by atoms with E-state index in [4.69, 9.17) is 4.74 Å². The van der Waals surface area contributed by atoms with Gasteiger partial charge in [-0.15, -0.1) is 11.3 Å². The molecule has 0 aliphatic rings. The highest BCUT2D eigenvalue weighted by Crippen LogP contribution is 2.24. The maximum atomic E-state index is 13.1. The van der Waals surface area contributed by atoms with Crippen molar-refractivity contribution >= 4 is 17.2 Å². The average Bonchev–Trinajstić information content (AvgIpc) is 3.00. The van der Waals surface area contributed by atoms with Crippen LogP contribution in [0, 0.1) is 12.7 Å². The maximum absolute atomic E-state index is 13.1. The summed E-state index contributed by atoms with van der Waals surface area (Å²) >= 11 is 1.43. The van der Waals surface area contributed by atoms with Gasteiger partial charge < -0.3 is 9.64 Å². The number of nitrogens with zero attached hydrogens (tertiary/aromatic N) is 2. The van der Waals surface area contributed by atoms with Crippen LogP contribution < -0.4 is 0 Å². The van der Waals surface area contributed by atoms with Gasteiger partial charge in [0.25, 0.3) is 5.91 Å². The molecule has 1 aromatic heterocycles. The zero-order chi connectivity index (χ0) is 19.1. The van der Waals surface area contributed by atoms with Crippen molar-refractivity contribution in [3.05, 3.63) is 51.2 Å². The van der Waals surface area contributed by atoms with Crippen LogP contribution in [0.4, 0.5) is 4.39 Å². The molecule has 2 rings (SSSR count). The van der Waals surface area contributed by atoms with E-state index in [1.165, 1.54) is 23.5 Å². The quantitative estimate of drug-likeness (QED) is 0.647. The molecule has 1 aromatic carbocycles. The molecule has 2 aromatic rings. The second-order valence-corrected chi connectivity index (χ2v) is 7.37. The maximum Gasteiger partial charge on any atom is 0.266 e. The Morgan fingerprint density at radius 2 is 1.92 bits per heavy atom. The Hall–Kier alpha value is -1.79. The molecule has 1 heterocycles. The normalized spacial score (nSPS) is 11.2. The van der Waals surface area contributed by atoms with E-state index in [1.54, 1.807) is 19.2 Å². The van der Waals surface area contributed by atoms with Crippen molar-refractivity contribution in [2.75, 3.05) is 20.3 Å². The molecule has 4 nitrogen and oxygen atoms in total. The van der Waals surface area contributed by atoms with Gasteiger partial charge in [0.2, 0.25) is 0 Å². The summed E-state index contributed by atoms with van der Waals surface area (Å²) in [4.78, 5) is 20.3. The van der Waals surface area contributed by atoms with Crippen LogP contribution in [-0.4, -0.2) is 42.1 Å². The number of halogens is 1.